The van der Waals surface area contributed by atoms with E-state index in [0.29, 0.717) is 12.2 Å². The SMILES string of the molecule is Nc1ccc2c(c1)N(C(=O)O)CC2. The molecule has 0 bridgehead atoms. The molecule has 2 rings (SSSR count). The summed E-state index contributed by atoms with van der Waals surface area (Å²) in [6.45, 7) is 0.536. The largest absolute Gasteiger partial charge is 0.465 e. The van der Waals surface area contributed by atoms with Crippen molar-refractivity contribution in [2.45, 2.75) is 6.42 Å². The van der Waals surface area contributed by atoms with Gasteiger partial charge in [0, 0.05) is 12.2 Å². The lowest BCUT2D eigenvalue weighted by Crippen LogP contribution is -2.26. The first-order valence-corrected chi connectivity index (χ1v) is 4.07. The quantitative estimate of drug-likeness (QED) is 0.588. The van der Waals surface area contributed by atoms with Crippen molar-refractivity contribution >= 4 is 17.5 Å². The van der Waals surface area contributed by atoms with E-state index in [1.807, 2.05) is 6.07 Å². The van der Waals surface area contributed by atoms with Crippen LogP contribution in [0.3, 0.4) is 0 Å². The second kappa shape index (κ2) is 2.65. The van der Waals surface area contributed by atoms with Crippen LogP contribution in [-0.4, -0.2) is 17.7 Å². The van der Waals surface area contributed by atoms with Gasteiger partial charge in [0.2, 0.25) is 0 Å². The van der Waals surface area contributed by atoms with Gasteiger partial charge in [0.1, 0.15) is 0 Å². The number of benzene rings is 1. The third-order valence-corrected chi connectivity index (χ3v) is 2.24. The lowest BCUT2D eigenvalue weighted by atomic mass is 10.1. The molecule has 1 heterocycles. The van der Waals surface area contributed by atoms with E-state index in [2.05, 4.69) is 0 Å². The van der Waals surface area contributed by atoms with Gasteiger partial charge in [-0.2, -0.15) is 0 Å². The molecule has 0 spiro atoms. The number of amides is 1. The van der Waals surface area contributed by atoms with E-state index in [-0.39, 0.29) is 0 Å². The smallest absolute Gasteiger partial charge is 0.411 e. The minimum atomic E-state index is -0.913. The minimum Gasteiger partial charge on any atom is -0.465 e. The summed E-state index contributed by atoms with van der Waals surface area (Å²) in [5.74, 6) is 0. The van der Waals surface area contributed by atoms with Crippen LogP contribution in [0.2, 0.25) is 0 Å². The van der Waals surface area contributed by atoms with Gasteiger partial charge < -0.3 is 10.8 Å². The Bertz CT molecular complexity index is 363. The molecule has 0 atom stereocenters. The Balaban J connectivity index is 2.46. The first kappa shape index (κ1) is 7.91. The van der Waals surface area contributed by atoms with Gasteiger partial charge in [-0.15, -0.1) is 0 Å². The number of nitrogens with two attached hydrogens (primary N) is 1. The fourth-order valence-corrected chi connectivity index (χ4v) is 1.59. The number of nitrogen functional groups attached to an aromatic ring is 1. The Kier molecular flexibility index (Phi) is 1.62. The average Bonchev–Trinajstić information content (AvgIpc) is 2.46. The maximum Gasteiger partial charge on any atom is 0.411 e. The minimum absolute atomic E-state index is 0.536. The van der Waals surface area contributed by atoms with Crippen molar-refractivity contribution in [3.8, 4) is 0 Å². The highest BCUT2D eigenvalue weighted by Crippen LogP contribution is 2.29. The van der Waals surface area contributed by atoms with E-state index >= 15 is 0 Å². The van der Waals surface area contributed by atoms with Crippen LogP contribution < -0.4 is 10.6 Å². The molecule has 0 saturated heterocycles. The number of carbonyl (C=O) groups is 1. The van der Waals surface area contributed by atoms with Gasteiger partial charge in [-0.1, -0.05) is 6.07 Å². The van der Waals surface area contributed by atoms with Crippen molar-refractivity contribution in [3.05, 3.63) is 23.8 Å². The molecule has 4 nitrogen and oxygen atoms in total. The summed E-state index contributed by atoms with van der Waals surface area (Å²) in [4.78, 5) is 12.1. The highest BCUT2D eigenvalue weighted by Gasteiger charge is 2.23. The molecule has 1 aliphatic heterocycles. The molecule has 0 radical (unpaired) electrons. The van der Waals surface area contributed by atoms with Crippen LogP contribution in [-0.2, 0) is 6.42 Å². The normalized spacial score (nSPS) is 14.3. The summed E-state index contributed by atoms with van der Waals surface area (Å²) < 4.78 is 0. The fourth-order valence-electron chi connectivity index (χ4n) is 1.59. The molecule has 4 heteroatoms. The summed E-state index contributed by atoms with van der Waals surface area (Å²) in [5, 5.41) is 8.84. The van der Waals surface area contributed by atoms with Gasteiger partial charge in [0.05, 0.1) is 5.69 Å². The molecule has 3 N–H and O–H groups in total. The number of fused-ring (bicyclic) bond motifs is 1. The van der Waals surface area contributed by atoms with E-state index in [9.17, 15) is 4.79 Å². The number of anilines is 2. The third kappa shape index (κ3) is 1.20. The van der Waals surface area contributed by atoms with Gasteiger partial charge >= 0.3 is 6.09 Å². The Morgan fingerprint density at radius 1 is 1.54 bits per heavy atom. The van der Waals surface area contributed by atoms with E-state index in [1.54, 1.807) is 12.1 Å². The van der Waals surface area contributed by atoms with Crippen molar-refractivity contribution < 1.29 is 9.90 Å². The number of carboxylic acid groups (broad SMARTS) is 1. The first-order chi connectivity index (χ1) is 6.18. The second-order valence-corrected chi connectivity index (χ2v) is 3.07. The molecule has 1 aromatic rings. The zero-order valence-electron chi connectivity index (χ0n) is 7.03. The molecule has 0 fully saturated rings. The second-order valence-electron chi connectivity index (χ2n) is 3.07. The zero-order chi connectivity index (χ0) is 9.42. The van der Waals surface area contributed by atoms with Gasteiger partial charge in [-0.05, 0) is 24.1 Å². The standard InChI is InChI=1S/C9H10N2O2/c10-7-2-1-6-3-4-11(9(12)13)8(6)5-7/h1-2,5H,3-4,10H2,(H,12,13). The van der Waals surface area contributed by atoms with Crippen LogP contribution in [0.15, 0.2) is 18.2 Å². The fraction of sp³-hybridized carbons (Fsp3) is 0.222. The van der Waals surface area contributed by atoms with E-state index in [0.717, 1.165) is 17.7 Å². The maximum absolute atomic E-state index is 10.8. The number of nitrogens with zero attached hydrogens (tertiary/aromatic N) is 1. The van der Waals surface area contributed by atoms with Crippen LogP contribution in [0.1, 0.15) is 5.56 Å². The van der Waals surface area contributed by atoms with Gasteiger partial charge in [0.15, 0.2) is 0 Å². The van der Waals surface area contributed by atoms with Gasteiger partial charge in [-0.3, -0.25) is 4.90 Å². The number of hydrogen-bond donors (Lipinski definition) is 2. The molecule has 0 unspecified atom stereocenters. The zero-order valence-corrected chi connectivity index (χ0v) is 7.03. The number of rotatable bonds is 0. The highest BCUT2D eigenvalue weighted by atomic mass is 16.4. The summed E-state index contributed by atoms with van der Waals surface area (Å²) in [6, 6.07) is 5.38. The summed E-state index contributed by atoms with van der Waals surface area (Å²) >= 11 is 0. The first-order valence-electron chi connectivity index (χ1n) is 4.07. The van der Waals surface area contributed by atoms with Crippen LogP contribution >= 0.6 is 0 Å². The predicted molar refractivity (Wildman–Crippen MR) is 49.9 cm³/mol. The molecule has 1 aromatic carbocycles. The number of hydrogen-bond acceptors (Lipinski definition) is 2. The van der Waals surface area contributed by atoms with Crippen molar-refractivity contribution in [3.63, 3.8) is 0 Å². The van der Waals surface area contributed by atoms with E-state index in [4.69, 9.17) is 10.8 Å². The molecule has 1 amide bonds. The lowest BCUT2D eigenvalue weighted by molar-refractivity contribution is 0.202. The molecular weight excluding hydrogens is 168 g/mol. The lowest BCUT2D eigenvalue weighted by Gasteiger charge is -2.12. The Morgan fingerprint density at radius 3 is 3.00 bits per heavy atom. The summed E-state index contributed by atoms with van der Waals surface area (Å²) in [5.41, 5.74) is 7.96. The van der Waals surface area contributed by atoms with Crippen LogP contribution in [0.5, 0.6) is 0 Å². The molecule has 13 heavy (non-hydrogen) atoms. The summed E-state index contributed by atoms with van der Waals surface area (Å²) in [6.07, 6.45) is -0.133. The molecule has 1 aliphatic rings. The van der Waals surface area contributed by atoms with Crippen LogP contribution in [0.25, 0.3) is 0 Å². The van der Waals surface area contributed by atoms with Crippen molar-refractivity contribution in [1.29, 1.82) is 0 Å². The van der Waals surface area contributed by atoms with E-state index in [1.165, 1.54) is 4.90 Å². The monoisotopic (exact) mass is 178 g/mol. The van der Waals surface area contributed by atoms with E-state index < -0.39 is 6.09 Å². The molecule has 0 saturated carbocycles. The predicted octanol–water partition coefficient (Wildman–Crippen LogP) is 1.31. The topological polar surface area (TPSA) is 66.6 Å². The molecule has 68 valence electrons. The molecule has 0 aliphatic carbocycles. The van der Waals surface area contributed by atoms with Crippen molar-refractivity contribution in [2.24, 2.45) is 0 Å². The third-order valence-electron chi connectivity index (χ3n) is 2.24. The average molecular weight is 178 g/mol. The Morgan fingerprint density at radius 2 is 2.31 bits per heavy atom. The maximum atomic E-state index is 10.8. The Labute approximate surface area is 75.6 Å². The van der Waals surface area contributed by atoms with Crippen LogP contribution in [0.4, 0.5) is 16.2 Å². The highest BCUT2D eigenvalue weighted by molar-refractivity contribution is 5.89. The van der Waals surface area contributed by atoms with Crippen molar-refractivity contribution in [2.75, 3.05) is 17.2 Å². The Hall–Kier alpha value is -1.71. The van der Waals surface area contributed by atoms with Gasteiger partial charge in [0.25, 0.3) is 0 Å². The molecule has 0 aromatic heterocycles. The van der Waals surface area contributed by atoms with Crippen molar-refractivity contribution in [1.82, 2.24) is 0 Å². The molecular formula is C9H10N2O2. The van der Waals surface area contributed by atoms with Crippen LogP contribution in [0, 0.1) is 0 Å². The van der Waals surface area contributed by atoms with Gasteiger partial charge in [-0.25, -0.2) is 4.79 Å². The summed E-state index contributed by atoms with van der Waals surface area (Å²) in [7, 11) is 0.